The molecule has 1 amide bonds. The van der Waals surface area contributed by atoms with Gasteiger partial charge in [-0.1, -0.05) is 194 Å². The molecule has 0 unspecified atom stereocenters. The molecule has 100 heavy (non-hydrogen) atoms. The maximum atomic E-state index is 14.3. The predicted molar refractivity (Wildman–Crippen MR) is 389 cm³/mol. The zero-order valence-electron chi connectivity index (χ0n) is 58.3. The Kier molecular flexibility index (Phi) is 26.9. The summed E-state index contributed by atoms with van der Waals surface area (Å²) in [6.45, 7) is 1.94. The largest absolute Gasteiger partial charge is 0.462 e. The van der Waals surface area contributed by atoms with Crippen LogP contribution in [-0.2, 0) is 63.1 Å². The standard InChI is InChI=1S/C76H95N7O17/c1-4-7-10-13-16-19-22-25-28-31-34-78-65(87)50-41-56-57(42-51(50)66(78)88)72(94)81(71(56)93)47-62(84)77(37-39-99-63(85)48-82-73(95)58-43-52-53(44-59(58)74(82)96)68(90)79(67(52)89)35-32-29-26-23-20-17-14-11-8-5-2)38-40-100-64(86)49-83-75(97)60-45-54-55(46-61(60)76(83)98)70(92)80(69(54)91)36-33-30-27-24-21-18-15-12-9-6-3/h41-46H,4-40,47-49H2,1-3H3. The number of carbonyl (C=O) groups excluding carboxylic acids is 3. The summed E-state index contributed by atoms with van der Waals surface area (Å²) in [6.07, 6.45) is 31.6. The molecule has 0 aliphatic rings. The Balaban J connectivity index is 0.866. The van der Waals surface area contributed by atoms with Crippen LogP contribution >= 0.6 is 0 Å². The molecule has 0 aliphatic carbocycles. The Hall–Kier alpha value is -9.09. The fourth-order valence-corrected chi connectivity index (χ4v) is 14.0. The van der Waals surface area contributed by atoms with Crippen molar-refractivity contribution in [2.45, 2.75) is 253 Å². The van der Waals surface area contributed by atoms with Crippen LogP contribution in [0.25, 0.3) is 64.6 Å². The molecule has 0 radical (unpaired) electrons. The van der Waals surface area contributed by atoms with Crippen LogP contribution in [0.5, 0.6) is 0 Å². The zero-order valence-corrected chi connectivity index (χ0v) is 58.3. The zero-order chi connectivity index (χ0) is 71.6. The smallest absolute Gasteiger partial charge is 0.326 e. The highest BCUT2D eigenvalue weighted by molar-refractivity contribution is 6.00. The third-order valence-corrected chi connectivity index (χ3v) is 19.9. The van der Waals surface area contributed by atoms with Gasteiger partial charge in [-0.2, -0.15) is 0 Å². The lowest BCUT2D eigenvalue weighted by Gasteiger charge is -2.22. The minimum absolute atomic E-state index is 0.0433. The van der Waals surface area contributed by atoms with Crippen LogP contribution in [0.15, 0.2) is 93.9 Å². The van der Waals surface area contributed by atoms with Crippen molar-refractivity contribution < 1.29 is 23.9 Å². The maximum Gasteiger partial charge on any atom is 0.326 e. The van der Waals surface area contributed by atoms with E-state index < -0.39 is 130 Å². The molecule has 536 valence electrons. The molecular weight excluding hydrogens is 1280 g/mol. The summed E-state index contributed by atoms with van der Waals surface area (Å²) in [6, 6.07) is 7.08. The maximum absolute atomic E-state index is 14.3. The lowest BCUT2D eigenvalue weighted by molar-refractivity contribution is -0.148. The van der Waals surface area contributed by atoms with Crippen molar-refractivity contribution in [2.24, 2.45) is 0 Å². The van der Waals surface area contributed by atoms with Crippen molar-refractivity contribution in [3.63, 3.8) is 0 Å². The van der Waals surface area contributed by atoms with Crippen molar-refractivity contribution in [1.82, 2.24) is 32.3 Å². The van der Waals surface area contributed by atoms with Crippen LogP contribution in [0.3, 0.4) is 0 Å². The lowest BCUT2D eigenvalue weighted by Crippen LogP contribution is -2.42. The number of benzene rings is 3. The van der Waals surface area contributed by atoms with Gasteiger partial charge >= 0.3 is 11.9 Å². The highest BCUT2D eigenvalue weighted by Crippen LogP contribution is 2.20. The number of unbranched alkanes of at least 4 members (excludes halogenated alkanes) is 27. The number of esters is 2. The summed E-state index contributed by atoms with van der Waals surface area (Å²) in [4.78, 5) is 206. The Bertz CT molecular complexity index is 4620. The SMILES string of the molecule is CCCCCCCCCCCCn1c(=O)c2cc3c(=O)n(CC(=O)OCCN(CCOC(=O)Cn4c(=O)c5cc6c(=O)n(CCCCCCCCCCCC)c(=O)c6cc5c4=O)C(=O)Cn4c(=O)c5cc6c(=O)n(CCCCCCCCCCCC)c(=O)c6cc5c4=O)c(=O)c3cc2c1=O. The van der Waals surface area contributed by atoms with Crippen molar-refractivity contribution in [3.05, 3.63) is 161 Å². The monoisotopic (exact) mass is 1380 g/mol. The molecule has 3 aromatic carbocycles. The number of rotatable bonds is 45. The number of hydrogen-bond donors (Lipinski definition) is 0. The van der Waals surface area contributed by atoms with Gasteiger partial charge in [-0.15, -0.1) is 0 Å². The average molecular weight is 1380 g/mol. The fourth-order valence-electron chi connectivity index (χ4n) is 14.0. The average Bonchev–Trinajstić information content (AvgIpc) is 1.60. The topological polar surface area (TPSA) is 307 Å². The second kappa shape index (κ2) is 35.8. The van der Waals surface area contributed by atoms with E-state index in [1.807, 2.05) is 0 Å². The fraction of sp³-hybridized carbons (Fsp3) is 0.566. The highest BCUT2D eigenvalue weighted by Gasteiger charge is 2.27. The van der Waals surface area contributed by atoms with Crippen molar-refractivity contribution >= 4 is 82.5 Å². The molecule has 6 aromatic heterocycles. The van der Waals surface area contributed by atoms with Crippen molar-refractivity contribution in [3.8, 4) is 0 Å². The first kappa shape index (κ1) is 75.1. The van der Waals surface area contributed by atoms with E-state index in [1.54, 1.807) is 0 Å². The van der Waals surface area contributed by atoms with Crippen molar-refractivity contribution in [2.75, 3.05) is 26.3 Å². The molecule has 0 spiro atoms. The molecule has 9 rings (SSSR count). The summed E-state index contributed by atoms with van der Waals surface area (Å²) < 4.78 is 15.9. The minimum atomic E-state index is -1.13. The van der Waals surface area contributed by atoms with E-state index in [1.165, 1.54) is 126 Å². The Labute approximate surface area is 575 Å². The summed E-state index contributed by atoms with van der Waals surface area (Å²) >= 11 is 0. The van der Waals surface area contributed by atoms with E-state index in [0.29, 0.717) is 33.0 Å². The molecule has 24 heteroatoms. The predicted octanol–water partition coefficient (Wildman–Crippen LogP) is 8.44. The number of carbonyl (C=O) groups is 3. The molecule has 9 aromatic rings. The van der Waals surface area contributed by atoms with Crippen LogP contribution in [-0.4, -0.2) is 76.5 Å². The molecular formula is C76H95N7O17. The molecule has 0 atom stereocenters. The molecule has 6 heterocycles. The Morgan fingerprint density at radius 1 is 0.260 bits per heavy atom. The molecule has 24 nitrogen and oxygen atoms in total. The normalized spacial score (nSPS) is 11.9. The van der Waals surface area contributed by atoms with E-state index >= 15 is 0 Å². The number of fused-ring (bicyclic) bond motifs is 6. The van der Waals surface area contributed by atoms with Gasteiger partial charge in [0.15, 0.2) is 0 Å². The molecule has 0 saturated carbocycles. The second-order valence-corrected chi connectivity index (χ2v) is 27.1. The van der Waals surface area contributed by atoms with Crippen molar-refractivity contribution in [1.29, 1.82) is 0 Å². The molecule has 0 fully saturated rings. The van der Waals surface area contributed by atoms with E-state index in [-0.39, 0.29) is 84.3 Å². The minimum Gasteiger partial charge on any atom is -0.462 e. The first-order valence-electron chi connectivity index (χ1n) is 36.6. The number of ether oxygens (including phenoxy) is 2. The van der Waals surface area contributed by atoms with Crippen LogP contribution < -0.4 is 66.7 Å². The van der Waals surface area contributed by atoms with E-state index in [9.17, 15) is 71.9 Å². The first-order chi connectivity index (χ1) is 48.3. The van der Waals surface area contributed by atoms with Gasteiger partial charge in [-0.25, -0.2) is 0 Å². The quantitative estimate of drug-likeness (QED) is 0.0255. The van der Waals surface area contributed by atoms with Gasteiger partial charge in [0, 0.05) is 19.6 Å². The summed E-state index contributed by atoms with van der Waals surface area (Å²) in [7, 11) is 0. The van der Waals surface area contributed by atoms with Gasteiger partial charge in [-0.05, 0) is 55.7 Å². The van der Waals surface area contributed by atoms with Gasteiger partial charge < -0.3 is 14.4 Å². The van der Waals surface area contributed by atoms with Crippen LogP contribution in [0, 0.1) is 0 Å². The Morgan fingerprint density at radius 3 is 0.650 bits per heavy atom. The van der Waals surface area contributed by atoms with E-state index in [0.717, 1.165) is 102 Å². The Morgan fingerprint density at radius 2 is 0.440 bits per heavy atom. The van der Waals surface area contributed by atoms with Crippen LogP contribution in [0.1, 0.15) is 213 Å². The van der Waals surface area contributed by atoms with Gasteiger partial charge in [0.2, 0.25) is 5.91 Å². The number of aromatic nitrogens is 6. The third kappa shape index (κ3) is 17.4. The number of nitrogens with zero attached hydrogens (tertiary/aromatic N) is 7. The molecule has 0 aliphatic heterocycles. The highest BCUT2D eigenvalue weighted by atomic mass is 16.5. The lowest BCUT2D eigenvalue weighted by atomic mass is 10.1. The molecule has 0 N–H and O–H groups in total. The third-order valence-electron chi connectivity index (χ3n) is 19.9. The first-order valence-corrected chi connectivity index (χ1v) is 36.6. The molecule has 0 bridgehead atoms. The van der Waals surface area contributed by atoms with Gasteiger partial charge in [-0.3, -0.25) is 99.3 Å². The number of amides is 1. The van der Waals surface area contributed by atoms with Crippen LogP contribution in [0.2, 0.25) is 0 Å². The summed E-state index contributed by atoms with van der Waals surface area (Å²) in [5.41, 5.74) is -9.25. The van der Waals surface area contributed by atoms with Gasteiger partial charge in [0.25, 0.3) is 66.7 Å². The summed E-state index contributed by atoms with van der Waals surface area (Å²) in [5, 5.41) is -1.51. The summed E-state index contributed by atoms with van der Waals surface area (Å²) in [5.74, 6) is -3.21. The van der Waals surface area contributed by atoms with Gasteiger partial charge in [0.05, 0.1) is 77.7 Å². The van der Waals surface area contributed by atoms with Gasteiger partial charge in [0.1, 0.15) is 32.8 Å². The van der Waals surface area contributed by atoms with E-state index in [4.69, 9.17) is 9.47 Å². The molecule has 0 saturated heterocycles. The number of hydrogen-bond acceptors (Lipinski definition) is 17. The second-order valence-electron chi connectivity index (χ2n) is 27.1. The van der Waals surface area contributed by atoms with E-state index in [2.05, 4.69) is 20.8 Å². The van der Waals surface area contributed by atoms with Crippen LogP contribution in [0.4, 0.5) is 0 Å².